The predicted octanol–water partition coefficient (Wildman–Crippen LogP) is 1.38. The van der Waals surface area contributed by atoms with Gasteiger partial charge in [-0.2, -0.15) is 0 Å². The van der Waals surface area contributed by atoms with Crippen molar-refractivity contribution in [2.24, 2.45) is 0 Å². The van der Waals surface area contributed by atoms with Crippen molar-refractivity contribution in [1.29, 1.82) is 0 Å². The van der Waals surface area contributed by atoms with E-state index < -0.39 is 0 Å². The van der Waals surface area contributed by atoms with Crippen LogP contribution in [-0.4, -0.2) is 59.5 Å². The Morgan fingerprint density at radius 1 is 1.14 bits per heavy atom. The number of imide groups is 1. The number of rotatable bonds is 7. The molecule has 0 radical (unpaired) electrons. The number of benzene rings is 1. The second-order valence-corrected chi connectivity index (χ2v) is 5.60. The van der Waals surface area contributed by atoms with Crippen molar-refractivity contribution in [2.75, 3.05) is 26.7 Å². The summed E-state index contributed by atoms with van der Waals surface area (Å²) in [6, 6.07) is 6.95. The normalized spacial score (nSPS) is 15.7. The van der Waals surface area contributed by atoms with E-state index in [0.717, 1.165) is 25.9 Å². The second kappa shape index (κ2) is 6.83. The Morgan fingerprint density at radius 3 is 2.24 bits per heavy atom. The van der Waals surface area contributed by atoms with Crippen LogP contribution in [0.4, 0.5) is 0 Å². The molecule has 1 atom stereocenters. The molecule has 2 rings (SSSR count). The molecule has 0 bridgehead atoms. The van der Waals surface area contributed by atoms with Crippen LogP contribution in [0.2, 0.25) is 0 Å². The topological polar surface area (TPSA) is 60.9 Å². The van der Waals surface area contributed by atoms with Crippen LogP contribution in [0.3, 0.4) is 0 Å². The summed E-state index contributed by atoms with van der Waals surface area (Å²) in [6.07, 6.45) is 1.16. The minimum atomic E-state index is -0.302. The lowest BCUT2D eigenvalue weighted by Crippen LogP contribution is -2.33. The van der Waals surface area contributed by atoms with Gasteiger partial charge in [-0.25, -0.2) is 0 Å². The molecule has 114 valence electrons. The minimum Gasteiger partial charge on any atom is -0.393 e. The maximum atomic E-state index is 12.2. The molecule has 1 heterocycles. The smallest absolute Gasteiger partial charge is 0.261 e. The molecular formula is C16H22N2O3. The molecule has 5 heteroatoms. The Hall–Kier alpha value is -1.72. The van der Waals surface area contributed by atoms with Crippen molar-refractivity contribution in [3.05, 3.63) is 35.4 Å². The first-order chi connectivity index (χ1) is 10.0. The van der Waals surface area contributed by atoms with Crippen LogP contribution in [0.25, 0.3) is 0 Å². The molecule has 0 saturated heterocycles. The summed E-state index contributed by atoms with van der Waals surface area (Å²) in [4.78, 5) is 27.7. The van der Waals surface area contributed by atoms with Gasteiger partial charge in [0.15, 0.2) is 0 Å². The Bertz CT molecular complexity index is 493. The predicted molar refractivity (Wildman–Crippen MR) is 80.2 cm³/mol. The van der Waals surface area contributed by atoms with Gasteiger partial charge in [-0.15, -0.1) is 0 Å². The van der Waals surface area contributed by atoms with E-state index in [1.54, 1.807) is 31.2 Å². The highest BCUT2D eigenvalue weighted by Gasteiger charge is 2.34. The maximum absolute atomic E-state index is 12.2. The molecule has 0 fully saturated rings. The first-order valence-corrected chi connectivity index (χ1v) is 7.32. The molecule has 0 aliphatic carbocycles. The zero-order valence-electron chi connectivity index (χ0n) is 12.6. The van der Waals surface area contributed by atoms with Crippen LogP contribution < -0.4 is 0 Å². The molecule has 1 aromatic rings. The van der Waals surface area contributed by atoms with Crippen LogP contribution in [0.1, 0.15) is 40.5 Å². The molecule has 0 saturated carbocycles. The van der Waals surface area contributed by atoms with Gasteiger partial charge in [-0.3, -0.25) is 14.5 Å². The Balaban J connectivity index is 1.83. The Morgan fingerprint density at radius 2 is 1.71 bits per heavy atom. The first-order valence-electron chi connectivity index (χ1n) is 7.32. The highest BCUT2D eigenvalue weighted by atomic mass is 16.3. The van der Waals surface area contributed by atoms with Crippen LogP contribution in [-0.2, 0) is 0 Å². The lowest BCUT2D eigenvalue weighted by atomic mass is 10.1. The fourth-order valence-electron chi connectivity index (χ4n) is 2.46. The maximum Gasteiger partial charge on any atom is 0.261 e. The monoisotopic (exact) mass is 290 g/mol. The third-order valence-electron chi connectivity index (χ3n) is 3.73. The van der Waals surface area contributed by atoms with Gasteiger partial charge >= 0.3 is 0 Å². The molecular weight excluding hydrogens is 268 g/mol. The van der Waals surface area contributed by atoms with E-state index in [1.807, 2.05) is 7.05 Å². The van der Waals surface area contributed by atoms with Crippen LogP contribution in [0.5, 0.6) is 0 Å². The molecule has 21 heavy (non-hydrogen) atoms. The van der Waals surface area contributed by atoms with Gasteiger partial charge in [-0.05, 0) is 45.5 Å². The summed E-state index contributed by atoms with van der Waals surface area (Å²) >= 11 is 0. The molecule has 1 unspecified atom stereocenters. The fraction of sp³-hybridized carbons (Fsp3) is 0.500. The van der Waals surface area contributed by atoms with Gasteiger partial charge in [0.05, 0.1) is 17.2 Å². The second-order valence-electron chi connectivity index (χ2n) is 5.60. The number of nitrogens with zero attached hydrogens (tertiary/aromatic N) is 2. The number of amides is 2. The summed E-state index contributed by atoms with van der Waals surface area (Å²) in [7, 11) is 1.98. The number of hydrogen-bond donors (Lipinski definition) is 1. The Kier molecular flexibility index (Phi) is 5.09. The van der Waals surface area contributed by atoms with Crippen molar-refractivity contribution >= 4 is 11.8 Å². The van der Waals surface area contributed by atoms with Crippen molar-refractivity contribution in [3.63, 3.8) is 0 Å². The van der Waals surface area contributed by atoms with Gasteiger partial charge in [-0.1, -0.05) is 12.1 Å². The van der Waals surface area contributed by atoms with Gasteiger partial charge in [0.1, 0.15) is 0 Å². The number of aliphatic hydroxyl groups is 1. The molecule has 1 N–H and O–H groups in total. The van der Waals surface area contributed by atoms with Crippen molar-refractivity contribution < 1.29 is 14.7 Å². The highest BCUT2D eigenvalue weighted by Crippen LogP contribution is 2.22. The SMILES string of the molecule is CC(O)CCN(C)CCCN1C(=O)c2ccccc2C1=O. The largest absolute Gasteiger partial charge is 0.393 e. The van der Waals surface area contributed by atoms with E-state index in [-0.39, 0.29) is 17.9 Å². The average Bonchev–Trinajstić information content (AvgIpc) is 2.70. The number of aliphatic hydroxyl groups excluding tert-OH is 1. The number of carbonyl (C=O) groups excluding carboxylic acids is 2. The minimum absolute atomic E-state index is 0.192. The van der Waals surface area contributed by atoms with E-state index in [9.17, 15) is 14.7 Å². The van der Waals surface area contributed by atoms with Crippen molar-refractivity contribution in [3.8, 4) is 0 Å². The third kappa shape index (κ3) is 3.68. The molecule has 5 nitrogen and oxygen atoms in total. The molecule has 1 aliphatic heterocycles. The number of hydrogen-bond acceptors (Lipinski definition) is 4. The quantitative estimate of drug-likeness (QED) is 0.771. The van der Waals surface area contributed by atoms with Crippen molar-refractivity contribution in [1.82, 2.24) is 9.80 Å². The average molecular weight is 290 g/mol. The molecule has 0 spiro atoms. The standard InChI is InChI=1S/C16H22N2O3/c1-12(19)8-11-17(2)9-5-10-18-15(20)13-6-3-4-7-14(13)16(18)21/h3-4,6-7,12,19H,5,8-11H2,1-2H3. The van der Waals surface area contributed by atoms with Gasteiger partial charge < -0.3 is 10.0 Å². The molecule has 1 aromatic carbocycles. The number of fused-ring (bicyclic) bond motifs is 1. The first kappa shape index (κ1) is 15.7. The lowest BCUT2D eigenvalue weighted by molar-refractivity contribution is 0.0648. The van der Waals surface area contributed by atoms with Crippen molar-refractivity contribution in [2.45, 2.75) is 25.9 Å². The van der Waals surface area contributed by atoms with E-state index >= 15 is 0 Å². The van der Waals surface area contributed by atoms with Crippen LogP contribution in [0, 0.1) is 0 Å². The van der Waals surface area contributed by atoms with Crippen LogP contribution >= 0.6 is 0 Å². The van der Waals surface area contributed by atoms with E-state index in [4.69, 9.17) is 0 Å². The van der Waals surface area contributed by atoms with E-state index in [1.165, 1.54) is 4.90 Å². The summed E-state index contributed by atoms with van der Waals surface area (Å²) < 4.78 is 0. The van der Waals surface area contributed by atoms with Gasteiger partial charge in [0, 0.05) is 13.1 Å². The summed E-state index contributed by atoms with van der Waals surface area (Å²) in [5.41, 5.74) is 1.01. The lowest BCUT2D eigenvalue weighted by Gasteiger charge is -2.19. The van der Waals surface area contributed by atoms with Crippen LogP contribution in [0.15, 0.2) is 24.3 Å². The summed E-state index contributed by atoms with van der Waals surface area (Å²) in [5, 5.41) is 9.24. The van der Waals surface area contributed by atoms with E-state index in [2.05, 4.69) is 4.90 Å². The van der Waals surface area contributed by atoms with Gasteiger partial charge in [0.2, 0.25) is 0 Å². The third-order valence-corrected chi connectivity index (χ3v) is 3.73. The molecule has 1 aliphatic rings. The summed E-state index contributed by atoms with van der Waals surface area (Å²) in [5.74, 6) is -0.385. The number of carbonyl (C=O) groups is 2. The molecule has 0 aromatic heterocycles. The highest BCUT2D eigenvalue weighted by molar-refractivity contribution is 6.21. The zero-order chi connectivity index (χ0) is 15.4. The fourth-order valence-corrected chi connectivity index (χ4v) is 2.46. The Labute approximate surface area is 125 Å². The van der Waals surface area contributed by atoms with E-state index in [0.29, 0.717) is 17.7 Å². The van der Waals surface area contributed by atoms with Gasteiger partial charge in [0.25, 0.3) is 11.8 Å². The summed E-state index contributed by atoms with van der Waals surface area (Å²) in [6.45, 7) is 3.80. The zero-order valence-corrected chi connectivity index (χ0v) is 12.6. The molecule has 2 amide bonds.